The molecule has 4 rings (SSSR count). The highest BCUT2D eigenvalue weighted by Crippen LogP contribution is 2.32. The van der Waals surface area contributed by atoms with Crippen LogP contribution in [0.5, 0.6) is 5.75 Å². The fourth-order valence-corrected chi connectivity index (χ4v) is 3.16. The van der Waals surface area contributed by atoms with Crippen LogP contribution in [0.4, 0.5) is 0 Å². The van der Waals surface area contributed by atoms with Crippen molar-refractivity contribution >= 4 is 16.9 Å². The standard InChI is InChI=1S/C24H20O6/c1-3-15-8-11-19-18(13-15)21(25)23(22(30-19)20-5-4-12-28-20)29-14-16-6-9-17(10-7-16)24(26)27-2/h4-13H,3,14H2,1-2H3. The zero-order valence-electron chi connectivity index (χ0n) is 16.6. The van der Waals surface area contributed by atoms with Crippen LogP contribution in [0.25, 0.3) is 22.5 Å². The van der Waals surface area contributed by atoms with Crippen molar-refractivity contribution in [3.05, 3.63) is 87.8 Å². The van der Waals surface area contributed by atoms with Crippen molar-refractivity contribution in [3.63, 3.8) is 0 Å². The molecule has 4 aromatic rings. The van der Waals surface area contributed by atoms with E-state index in [0.29, 0.717) is 22.3 Å². The molecule has 0 spiro atoms. The van der Waals surface area contributed by atoms with Crippen molar-refractivity contribution in [1.29, 1.82) is 0 Å². The predicted octanol–water partition coefficient (Wildman–Crippen LogP) is 4.98. The molecule has 0 saturated carbocycles. The molecular formula is C24H20O6. The number of carbonyl (C=O) groups is 1. The van der Waals surface area contributed by atoms with Gasteiger partial charge in [-0.2, -0.15) is 0 Å². The zero-order valence-corrected chi connectivity index (χ0v) is 16.6. The maximum absolute atomic E-state index is 13.2. The largest absolute Gasteiger partial charge is 0.481 e. The van der Waals surface area contributed by atoms with Crippen LogP contribution in [-0.2, 0) is 17.8 Å². The Morgan fingerprint density at radius 2 is 1.80 bits per heavy atom. The summed E-state index contributed by atoms with van der Waals surface area (Å²) in [6, 6.07) is 15.8. The molecule has 2 aromatic carbocycles. The summed E-state index contributed by atoms with van der Waals surface area (Å²) < 4.78 is 22.1. The third-order valence-corrected chi connectivity index (χ3v) is 4.82. The molecule has 6 heteroatoms. The van der Waals surface area contributed by atoms with Crippen molar-refractivity contribution in [3.8, 4) is 17.3 Å². The first-order valence-electron chi connectivity index (χ1n) is 9.54. The molecule has 2 aromatic heterocycles. The van der Waals surface area contributed by atoms with Gasteiger partial charge in [0.2, 0.25) is 16.9 Å². The van der Waals surface area contributed by atoms with Crippen LogP contribution in [0.3, 0.4) is 0 Å². The lowest BCUT2D eigenvalue weighted by Gasteiger charge is -2.11. The van der Waals surface area contributed by atoms with Gasteiger partial charge in [-0.25, -0.2) is 4.79 Å². The average Bonchev–Trinajstić information content (AvgIpc) is 3.32. The molecule has 0 aliphatic rings. The van der Waals surface area contributed by atoms with Gasteiger partial charge in [0.1, 0.15) is 12.2 Å². The molecule has 0 fully saturated rings. The first-order chi connectivity index (χ1) is 14.6. The van der Waals surface area contributed by atoms with Crippen LogP contribution in [0.2, 0.25) is 0 Å². The smallest absolute Gasteiger partial charge is 0.337 e. The van der Waals surface area contributed by atoms with Crippen molar-refractivity contribution < 1.29 is 23.1 Å². The Kier molecular flexibility index (Phi) is 5.39. The van der Waals surface area contributed by atoms with E-state index in [1.54, 1.807) is 42.5 Å². The lowest BCUT2D eigenvalue weighted by molar-refractivity contribution is 0.0600. The molecule has 0 atom stereocenters. The number of furan rings is 1. The molecule has 0 aliphatic heterocycles. The van der Waals surface area contributed by atoms with Gasteiger partial charge >= 0.3 is 5.97 Å². The van der Waals surface area contributed by atoms with E-state index in [1.807, 2.05) is 19.1 Å². The summed E-state index contributed by atoms with van der Waals surface area (Å²) in [4.78, 5) is 24.8. The fourth-order valence-electron chi connectivity index (χ4n) is 3.16. The van der Waals surface area contributed by atoms with Crippen LogP contribution in [0.1, 0.15) is 28.4 Å². The van der Waals surface area contributed by atoms with Crippen molar-refractivity contribution in [1.82, 2.24) is 0 Å². The average molecular weight is 404 g/mol. The highest BCUT2D eigenvalue weighted by Gasteiger charge is 2.20. The van der Waals surface area contributed by atoms with Gasteiger partial charge in [-0.05, 0) is 53.9 Å². The zero-order chi connectivity index (χ0) is 21.1. The van der Waals surface area contributed by atoms with E-state index >= 15 is 0 Å². The SMILES string of the molecule is CCc1ccc2oc(-c3ccco3)c(OCc3ccc(C(=O)OC)cc3)c(=O)c2c1. The number of carbonyl (C=O) groups excluding carboxylic acids is 1. The Labute approximate surface area is 172 Å². The Morgan fingerprint density at radius 3 is 2.47 bits per heavy atom. The molecule has 0 saturated heterocycles. The Hall–Kier alpha value is -3.80. The molecule has 0 amide bonds. The molecule has 0 aliphatic carbocycles. The molecule has 0 unspecified atom stereocenters. The summed E-state index contributed by atoms with van der Waals surface area (Å²) in [5, 5.41) is 0.459. The molecule has 30 heavy (non-hydrogen) atoms. The third kappa shape index (κ3) is 3.72. The summed E-state index contributed by atoms with van der Waals surface area (Å²) in [7, 11) is 1.33. The monoisotopic (exact) mass is 404 g/mol. The fraction of sp³-hybridized carbons (Fsp3) is 0.167. The summed E-state index contributed by atoms with van der Waals surface area (Å²) >= 11 is 0. The van der Waals surface area contributed by atoms with E-state index in [-0.39, 0.29) is 23.5 Å². The number of aryl methyl sites for hydroxylation is 1. The second kappa shape index (κ2) is 8.29. The summed E-state index contributed by atoms with van der Waals surface area (Å²) in [6.45, 7) is 2.15. The molecule has 0 bridgehead atoms. The van der Waals surface area contributed by atoms with Crippen LogP contribution < -0.4 is 10.2 Å². The van der Waals surface area contributed by atoms with Gasteiger partial charge in [0, 0.05) is 0 Å². The van der Waals surface area contributed by atoms with Gasteiger partial charge in [-0.1, -0.05) is 25.1 Å². The molecule has 6 nitrogen and oxygen atoms in total. The normalized spacial score (nSPS) is 10.9. The van der Waals surface area contributed by atoms with Crippen molar-refractivity contribution in [2.45, 2.75) is 20.0 Å². The second-order valence-electron chi connectivity index (χ2n) is 6.73. The number of methoxy groups -OCH3 is 1. The lowest BCUT2D eigenvalue weighted by atomic mass is 10.1. The molecule has 0 radical (unpaired) electrons. The Bertz CT molecular complexity index is 1230. The number of hydrogen-bond donors (Lipinski definition) is 0. The van der Waals surface area contributed by atoms with E-state index < -0.39 is 5.97 Å². The topological polar surface area (TPSA) is 78.9 Å². The van der Waals surface area contributed by atoms with Gasteiger partial charge < -0.3 is 18.3 Å². The molecule has 152 valence electrons. The Morgan fingerprint density at radius 1 is 1.03 bits per heavy atom. The summed E-state index contributed by atoms with van der Waals surface area (Å²) in [5.74, 6) is 0.324. The summed E-state index contributed by atoms with van der Waals surface area (Å²) in [5.41, 5.74) is 2.47. The maximum Gasteiger partial charge on any atom is 0.337 e. The van der Waals surface area contributed by atoms with E-state index in [9.17, 15) is 9.59 Å². The van der Waals surface area contributed by atoms with E-state index in [4.69, 9.17) is 18.3 Å². The molecule has 0 N–H and O–H groups in total. The van der Waals surface area contributed by atoms with Crippen molar-refractivity contribution in [2.75, 3.05) is 7.11 Å². The minimum absolute atomic E-state index is 0.0859. The number of fused-ring (bicyclic) bond motifs is 1. The number of hydrogen-bond acceptors (Lipinski definition) is 6. The molecule has 2 heterocycles. The number of benzene rings is 2. The van der Waals surface area contributed by atoms with E-state index in [0.717, 1.165) is 17.5 Å². The van der Waals surface area contributed by atoms with Gasteiger partial charge in [-0.15, -0.1) is 0 Å². The van der Waals surface area contributed by atoms with Gasteiger partial charge in [0.15, 0.2) is 5.76 Å². The molecular weight excluding hydrogens is 384 g/mol. The van der Waals surface area contributed by atoms with Gasteiger partial charge in [0.05, 0.1) is 24.3 Å². The van der Waals surface area contributed by atoms with Crippen molar-refractivity contribution in [2.24, 2.45) is 0 Å². The first kappa shape index (κ1) is 19.5. The number of rotatable bonds is 6. The highest BCUT2D eigenvalue weighted by molar-refractivity contribution is 5.89. The number of esters is 1. The third-order valence-electron chi connectivity index (χ3n) is 4.82. The van der Waals surface area contributed by atoms with E-state index in [1.165, 1.54) is 13.4 Å². The van der Waals surface area contributed by atoms with Gasteiger partial charge in [-0.3, -0.25) is 4.79 Å². The minimum atomic E-state index is -0.413. The summed E-state index contributed by atoms with van der Waals surface area (Å²) in [6.07, 6.45) is 2.31. The Balaban J connectivity index is 1.73. The van der Waals surface area contributed by atoms with Gasteiger partial charge in [0.25, 0.3) is 0 Å². The van der Waals surface area contributed by atoms with Crippen LogP contribution in [0, 0.1) is 0 Å². The minimum Gasteiger partial charge on any atom is -0.481 e. The first-order valence-corrected chi connectivity index (χ1v) is 9.54. The van der Waals surface area contributed by atoms with Crippen LogP contribution in [-0.4, -0.2) is 13.1 Å². The lowest BCUT2D eigenvalue weighted by Crippen LogP contribution is -2.10. The quantitative estimate of drug-likeness (QED) is 0.422. The predicted molar refractivity (Wildman–Crippen MR) is 112 cm³/mol. The highest BCUT2D eigenvalue weighted by atomic mass is 16.5. The second-order valence-corrected chi connectivity index (χ2v) is 6.73. The van der Waals surface area contributed by atoms with E-state index in [2.05, 4.69) is 0 Å². The van der Waals surface area contributed by atoms with Crippen LogP contribution in [0.15, 0.2) is 74.5 Å². The maximum atomic E-state index is 13.2. The number of ether oxygens (including phenoxy) is 2. The van der Waals surface area contributed by atoms with Crippen LogP contribution >= 0.6 is 0 Å².